The van der Waals surface area contributed by atoms with Crippen molar-refractivity contribution in [2.45, 2.75) is 25.3 Å². The van der Waals surface area contributed by atoms with Crippen LogP contribution in [0.1, 0.15) is 28.2 Å². The number of carbonyl (C=O) groups is 1. The summed E-state index contributed by atoms with van der Waals surface area (Å²) in [5, 5.41) is 0.679. The highest BCUT2D eigenvalue weighted by molar-refractivity contribution is 6.30. The van der Waals surface area contributed by atoms with Crippen molar-refractivity contribution < 1.29 is 9.53 Å². The zero-order valence-corrected chi connectivity index (χ0v) is 17.8. The van der Waals surface area contributed by atoms with Gasteiger partial charge in [0, 0.05) is 47.8 Å². The number of hydrogen-bond donors (Lipinski definition) is 0. The largest absolute Gasteiger partial charge is 0.493 e. The quantitative estimate of drug-likeness (QED) is 0.633. The number of ether oxygens (including phenoxy) is 1. The average Bonchev–Trinajstić information content (AvgIpc) is 3.33. The molecule has 2 aromatic heterocycles. The summed E-state index contributed by atoms with van der Waals surface area (Å²) >= 11 is 6.26. The summed E-state index contributed by atoms with van der Waals surface area (Å²) in [6.45, 7) is 4.13. The zero-order valence-electron chi connectivity index (χ0n) is 17.0. The monoisotopic (exact) mass is 436 g/mol. The third kappa shape index (κ3) is 2.76. The van der Waals surface area contributed by atoms with Crippen LogP contribution in [0.3, 0.4) is 0 Å². The maximum Gasteiger partial charge on any atom is 0.275 e. The molecule has 31 heavy (non-hydrogen) atoms. The van der Waals surface area contributed by atoms with Crippen molar-refractivity contribution in [3.63, 3.8) is 0 Å². The van der Waals surface area contributed by atoms with E-state index in [0.29, 0.717) is 48.6 Å². The smallest absolute Gasteiger partial charge is 0.275 e. The number of hydrogen-bond acceptors (Lipinski definition) is 4. The molecule has 8 heteroatoms. The second-order valence-corrected chi connectivity index (χ2v) is 9.15. The van der Waals surface area contributed by atoms with Gasteiger partial charge < -0.3 is 18.8 Å². The van der Waals surface area contributed by atoms with Gasteiger partial charge in [-0.3, -0.25) is 9.59 Å². The Kier molecular flexibility index (Phi) is 3.90. The number of nitrogens with zero attached hydrogens (tertiary/aromatic N) is 4. The fourth-order valence-electron chi connectivity index (χ4n) is 5.12. The van der Waals surface area contributed by atoms with Gasteiger partial charge in [0.15, 0.2) is 0 Å². The first kappa shape index (κ1) is 18.7. The van der Waals surface area contributed by atoms with Gasteiger partial charge in [-0.05, 0) is 43.7 Å². The Bertz CT molecular complexity index is 1300. The molecule has 1 aromatic carbocycles. The van der Waals surface area contributed by atoms with Gasteiger partial charge in [-0.25, -0.2) is 4.98 Å². The van der Waals surface area contributed by atoms with Crippen LogP contribution in [0.25, 0.3) is 5.69 Å². The molecule has 158 valence electrons. The molecule has 7 nitrogen and oxygen atoms in total. The van der Waals surface area contributed by atoms with E-state index in [9.17, 15) is 9.59 Å². The number of fused-ring (bicyclic) bond motifs is 4. The second kappa shape index (κ2) is 6.47. The molecular weight excluding hydrogens is 416 g/mol. The van der Waals surface area contributed by atoms with E-state index in [1.807, 2.05) is 30.0 Å². The van der Waals surface area contributed by atoms with Crippen molar-refractivity contribution in [1.29, 1.82) is 0 Å². The lowest BCUT2D eigenvalue weighted by atomic mass is 9.90. The molecule has 4 heterocycles. The lowest BCUT2D eigenvalue weighted by Crippen LogP contribution is -2.48. The highest BCUT2D eigenvalue weighted by Gasteiger charge is 2.60. The number of rotatable bonds is 3. The van der Waals surface area contributed by atoms with Crippen LogP contribution >= 0.6 is 11.6 Å². The zero-order chi connectivity index (χ0) is 21.3. The Hall–Kier alpha value is -3.06. The van der Waals surface area contributed by atoms with E-state index < -0.39 is 0 Å². The van der Waals surface area contributed by atoms with E-state index in [2.05, 4.69) is 4.98 Å². The molecule has 0 N–H and O–H groups in total. The van der Waals surface area contributed by atoms with E-state index in [1.54, 1.807) is 33.8 Å². The van der Waals surface area contributed by atoms with Crippen molar-refractivity contribution >= 4 is 17.5 Å². The van der Waals surface area contributed by atoms with Crippen LogP contribution in [0.15, 0.2) is 47.7 Å². The van der Waals surface area contributed by atoms with Crippen LogP contribution in [-0.2, 0) is 12.0 Å². The van der Waals surface area contributed by atoms with E-state index in [1.165, 1.54) is 0 Å². The van der Waals surface area contributed by atoms with Gasteiger partial charge in [-0.2, -0.15) is 0 Å². The van der Waals surface area contributed by atoms with E-state index in [0.717, 1.165) is 23.4 Å². The minimum Gasteiger partial charge on any atom is -0.493 e. The predicted molar refractivity (Wildman–Crippen MR) is 115 cm³/mol. The minimum absolute atomic E-state index is 0.105. The Morgan fingerprint density at radius 1 is 1.23 bits per heavy atom. The molecular formula is C23H21ClN4O3. The van der Waals surface area contributed by atoms with Crippen molar-refractivity contribution in [2.24, 2.45) is 5.92 Å². The Morgan fingerprint density at radius 3 is 2.90 bits per heavy atom. The fourth-order valence-corrected chi connectivity index (χ4v) is 5.29. The first-order valence-electron chi connectivity index (χ1n) is 10.4. The number of carbonyl (C=O) groups excluding carboxylic acids is 1. The fraction of sp³-hybridized carbons (Fsp3) is 0.348. The lowest BCUT2D eigenvalue weighted by Gasteiger charge is -2.35. The van der Waals surface area contributed by atoms with Gasteiger partial charge in [0.1, 0.15) is 17.1 Å². The molecule has 1 aliphatic carbocycles. The van der Waals surface area contributed by atoms with Crippen LogP contribution < -0.4 is 10.3 Å². The molecule has 3 aliphatic rings. The number of aryl methyl sites for hydroxylation is 1. The molecule has 2 aliphatic heterocycles. The van der Waals surface area contributed by atoms with Crippen LogP contribution in [0.5, 0.6) is 5.75 Å². The Labute approximate surface area is 183 Å². The molecule has 0 radical (unpaired) electrons. The summed E-state index contributed by atoms with van der Waals surface area (Å²) in [6.07, 6.45) is 4.41. The maximum absolute atomic E-state index is 13.3. The standard InChI is InChI=1S/C23H21ClN4O3/c1-14-10-27(13-25-14)18-3-4-19-21(29)26(6-7-28(19)22(18)30)12-23-9-15(23)11-31-20-5-2-16(24)8-17(20)23/h2-5,8,10,13,15H,6-7,9,11-12H2,1H3/t15-,23?/m1/s1. The third-order valence-corrected chi connectivity index (χ3v) is 7.10. The Morgan fingerprint density at radius 2 is 2.10 bits per heavy atom. The molecule has 0 saturated heterocycles. The summed E-state index contributed by atoms with van der Waals surface area (Å²) < 4.78 is 9.18. The minimum atomic E-state index is -0.173. The molecule has 1 saturated carbocycles. The van der Waals surface area contributed by atoms with Crippen molar-refractivity contribution in [2.75, 3.05) is 19.7 Å². The number of imidazole rings is 1. The first-order valence-corrected chi connectivity index (χ1v) is 10.8. The van der Waals surface area contributed by atoms with Crippen LogP contribution in [0.4, 0.5) is 0 Å². The maximum atomic E-state index is 13.3. The van der Waals surface area contributed by atoms with Gasteiger partial charge in [-0.1, -0.05) is 11.6 Å². The van der Waals surface area contributed by atoms with Crippen molar-refractivity contribution in [3.8, 4) is 11.4 Å². The number of aromatic nitrogens is 3. The molecule has 1 unspecified atom stereocenters. The van der Waals surface area contributed by atoms with Gasteiger partial charge in [-0.15, -0.1) is 0 Å². The average molecular weight is 437 g/mol. The highest BCUT2D eigenvalue weighted by atomic mass is 35.5. The summed E-state index contributed by atoms with van der Waals surface area (Å²) in [7, 11) is 0. The molecule has 3 aromatic rings. The third-order valence-electron chi connectivity index (χ3n) is 6.87. The SMILES string of the molecule is Cc1cn(-c2ccc3n(c2=O)CCN(CC24C[C@@H]2COc2ccc(Cl)cc24)C3=O)cn1. The number of amides is 1. The number of pyridine rings is 1. The van der Waals surface area contributed by atoms with Gasteiger partial charge >= 0.3 is 0 Å². The molecule has 6 rings (SSSR count). The van der Waals surface area contributed by atoms with Crippen LogP contribution in [-0.4, -0.2) is 44.6 Å². The summed E-state index contributed by atoms with van der Waals surface area (Å²) in [5.41, 5.74) is 2.58. The van der Waals surface area contributed by atoms with Gasteiger partial charge in [0.05, 0.1) is 18.6 Å². The molecule has 0 spiro atoms. The molecule has 1 amide bonds. The topological polar surface area (TPSA) is 69.4 Å². The summed E-state index contributed by atoms with van der Waals surface area (Å²) in [5.74, 6) is 1.15. The van der Waals surface area contributed by atoms with Crippen molar-refractivity contribution in [3.05, 3.63) is 75.2 Å². The normalized spacial score (nSPS) is 23.6. The lowest BCUT2D eigenvalue weighted by molar-refractivity contribution is 0.0670. The van der Waals surface area contributed by atoms with Gasteiger partial charge in [0.25, 0.3) is 11.5 Å². The second-order valence-electron chi connectivity index (χ2n) is 8.72. The highest BCUT2D eigenvalue weighted by Crippen LogP contribution is 2.60. The molecule has 2 atom stereocenters. The van der Waals surface area contributed by atoms with Gasteiger partial charge in [0.2, 0.25) is 0 Å². The Balaban J connectivity index is 1.32. The first-order chi connectivity index (χ1) is 15.0. The molecule has 1 fully saturated rings. The predicted octanol–water partition coefficient (Wildman–Crippen LogP) is 2.80. The number of halogens is 1. The van der Waals surface area contributed by atoms with Crippen LogP contribution in [0, 0.1) is 12.8 Å². The van der Waals surface area contributed by atoms with E-state index in [-0.39, 0.29) is 16.9 Å². The van der Waals surface area contributed by atoms with Crippen molar-refractivity contribution in [1.82, 2.24) is 19.0 Å². The number of benzene rings is 1. The van der Waals surface area contributed by atoms with E-state index in [4.69, 9.17) is 16.3 Å². The molecule has 0 bridgehead atoms. The summed E-state index contributed by atoms with van der Waals surface area (Å²) in [4.78, 5) is 32.5. The summed E-state index contributed by atoms with van der Waals surface area (Å²) in [6, 6.07) is 9.18. The van der Waals surface area contributed by atoms with Crippen LogP contribution in [0.2, 0.25) is 5.02 Å². The van der Waals surface area contributed by atoms with E-state index >= 15 is 0 Å².